The van der Waals surface area contributed by atoms with Crippen molar-refractivity contribution in [3.8, 4) is 0 Å². The van der Waals surface area contributed by atoms with Gasteiger partial charge in [0.1, 0.15) is 13.2 Å². The third-order valence-corrected chi connectivity index (χ3v) is 13.2. The summed E-state index contributed by atoms with van der Waals surface area (Å²) >= 11 is 0. The number of hydrogen-bond acceptors (Lipinski definition) is 6. The molecule has 0 fully saturated rings. The molecule has 0 aliphatic rings. The number of ether oxygens (including phenoxy) is 3. The van der Waals surface area contributed by atoms with Gasteiger partial charge in [0, 0.05) is 19.3 Å². The summed E-state index contributed by atoms with van der Waals surface area (Å²) in [7, 11) is 0. The molecule has 0 aromatic rings. The van der Waals surface area contributed by atoms with Crippen molar-refractivity contribution >= 4 is 17.9 Å². The highest BCUT2D eigenvalue weighted by Crippen LogP contribution is 2.18. The fraction of sp³-hybridized carbons (Fsp3) is 0.945. The lowest BCUT2D eigenvalue weighted by atomic mass is 9.99. The van der Waals surface area contributed by atoms with Crippen LogP contribution in [0.15, 0.2) is 0 Å². The Morgan fingerprint density at radius 1 is 0.328 bits per heavy atom. The topological polar surface area (TPSA) is 78.9 Å². The number of esters is 3. The Labute approximate surface area is 380 Å². The minimum atomic E-state index is -0.761. The lowest BCUT2D eigenvalue weighted by Gasteiger charge is -2.18. The maximum Gasteiger partial charge on any atom is 0.306 e. The molecule has 3 atom stereocenters. The second kappa shape index (κ2) is 47.9. The van der Waals surface area contributed by atoms with E-state index in [9.17, 15) is 14.4 Å². The molecule has 0 aliphatic carbocycles. The van der Waals surface area contributed by atoms with Crippen LogP contribution in [0.2, 0.25) is 0 Å². The van der Waals surface area contributed by atoms with Gasteiger partial charge >= 0.3 is 17.9 Å². The van der Waals surface area contributed by atoms with Crippen LogP contribution in [0, 0.1) is 11.8 Å². The Morgan fingerprint density at radius 2 is 0.574 bits per heavy atom. The third-order valence-electron chi connectivity index (χ3n) is 13.2. The molecule has 0 saturated heterocycles. The molecule has 6 nitrogen and oxygen atoms in total. The lowest BCUT2D eigenvalue weighted by molar-refractivity contribution is -0.167. The first-order valence-electron chi connectivity index (χ1n) is 27.3. The zero-order chi connectivity index (χ0) is 44.7. The molecule has 362 valence electrons. The first kappa shape index (κ1) is 59.4. The van der Waals surface area contributed by atoms with Gasteiger partial charge < -0.3 is 14.2 Å². The summed E-state index contributed by atoms with van der Waals surface area (Å²) in [5.74, 6) is 0.905. The Kier molecular flexibility index (Phi) is 46.6. The maximum atomic E-state index is 12.8. The van der Waals surface area contributed by atoms with Crippen molar-refractivity contribution < 1.29 is 28.6 Å². The van der Waals surface area contributed by atoms with Gasteiger partial charge in [-0.1, -0.05) is 266 Å². The number of carbonyl (C=O) groups is 3. The lowest BCUT2D eigenvalue weighted by Crippen LogP contribution is -2.30. The normalized spacial score (nSPS) is 12.9. The van der Waals surface area contributed by atoms with Crippen LogP contribution >= 0.6 is 0 Å². The average Bonchev–Trinajstić information content (AvgIpc) is 3.26. The van der Waals surface area contributed by atoms with Gasteiger partial charge in [0.05, 0.1) is 0 Å². The first-order valence-corrected chi connectivity index (χ1v) is 27.3. The molecular formula is C55H106O6. The van der Waals surface area contributed by atoms with Crippen molar-refractivity contribution in [1.82, 2.24) is 0 Å². The smallest absolute Gasteiger partial charge is 0.306 e. The van der Waals surface area contributed by atoms with E-state index in [0.717, 1.165) is 69.6 Å². The van der Waals surface area contributed by atoms with Gasteiger partial charge in [-0.15, -0.1) is 0 Å². The van der Waals surface area contributed by atoms with Crippen LogP contribution in [0.4, 0.5) is 0 Å². The monoisotopic (exact) mass is 863 g/mol. The highest BCUT2D eigenvalue weighted by atomic mass is 16.6. The number of unbranched alkanes of at least 4 members (excludes halogenated alkanes) is 32. The molecule has 0 aliphatic heterocycles. The molecule has 0 amide bonds. The predicted molar refractivity (Wildman–Crippen MR) is 261 cm³/mol. The number of hydrogen-bond donors (Lipinski definition) is 0. The van der Waals surface area contributed by atoms with Crippen LogP contribution in [0.25, 0.3) is 0 Å². The zero-order valence-electron chi connectivity index (χ0n) is 41.8. The molecule has 0 rings (SSSR count). The Bertz CT molecular complexity index is 935. The van der Waals surface area contributed by atoms with E-state index in [1.54, 1.807) is 0 Å². The van der Waals surface area contributed by atoms with Crippen molar-refractivity contribution in [2.75, 3.05) is 13.2 Å². The molecule has 0 aromatic heterocycles. The second-order valence-electron chi connectivity index (χ2n) is 19.4. The molecule has 0 saturated carbocycles. The summed E-state index contributed by atoms with van der Waals surface area (Å²) in [6.45, 7) is 11.4. The van der Waals surface area contributed by atoms with Gasteiger partial charge in [0.25, 0.3) is 0 Å². The van der Waals surface area contributed by atoms with E-state index in [4.69, 9.17) is 14.2 Å². The average molecular weight is 863 g/mol. The van der Waals surface area contributed by atoms with Gasteiger partial charge in [-0.25, -0.2) is 0 Å². The zero-order valence-corrected chi connectivity index (χ0v) is 41.8. The minimum absolute atomic E-state index is 0.0638. The Hall–Kier alpha value is -1.59. The summed E-state index contributed by atoms with van der Waals surface area (Å²) in [6, 6.07) is 0. The van der Waals surface area contributed by atoms with Gasteiger partial charge in [0.15, 0.2) is 6.10 Å². The van der Waals surface area contributed by atoms with Crippen LogP contribution in [-0.2, 0) is 28.6 Å². The van der Waals surface area contributed by atoms with Crippen LogP contribution in [0.5, 0.6) is 0 Å². The van der Waals surface area contributed by atoms with E-state index in [2.05, 4.69) is 34.6 Å². The van der Waals surface area contributed by atoms with E-state index in [0.29, 0.717) is 19.3 Å². The molecule has 6 heteroatoms. The van der Waals surface area contributed by atoms with Gasteiger partial charge in [-0.2, -0.15) is 0 Å². The fourth-order valence-electron chi connectivity index (χ4n) is 8.28. The van der Waals surface area contributed by atoms with Crippen molar-refractivity contribution in [2.45, 2.75) is 310 Å². The number of rotatable bonds is 49. The Balaban J connectivity index is 4.16. The van der Waals surface area contributed by atoms with Crippen LogP contribution in [0.1, 0.15) is 304 Å². The maximum absolute atomic E-state index is 12.8. The molecule has 0 radical (unpaired) electrons. The summed E-state index contributed by atoms with van der Waals surface area (Å²) in [5.41, 5.74) is 0. The predicted octanol–water partition coefficient (Wildman–Crippen LogP) is 17.7. The quantitative estimate of drug-likeness (QED) is 0.0344. The summed E-state index contributed by atoms with van der Waals surface area (Å²) in [4.78, 5) is 37.9. The molecule has 0 bridgehead atoms. The summed E-state index contributed by atoms with van der Waals surface area (Å²) < 4.78 is 16.8. The van der Waals surface area contributed by atoms with Crippen molar-refractivity contribution in [3.05, 3.63) is 0 Å². The molecule has 0 N–H and O–H groups in total. The highest BCUT2D eigenvalue weighted by molar-refractivity contribution is 5.71. The molecule has 0 heterocycles. The molecule has 0 spiro atoms. The highest BCUT2D eigenvalue weighted by Gasteiger charge is 2.19. The second-order valence-corrected chi connectivity index (χ2v) is 19.4. The standard InChI is InChI=1S/C55H106O6/c1-6-9-10-11-12-23-30-35-40-45-53(56)59-48-52(61-55(58)47-42-37-32-27-26-29-34-39-44-51(5)8-3)49-60-54(57)46-41-36-31-25-22-20-18-16-14-13-15-17-19-21-24-28-33-38-43-50(4)7-2/h50-52H,6-49H2,1-5H3/t50?,51?,52-/m1/s1. The summed E-state index contributed by atoms with van der Waals surface area (Å²) in [5, 5.41) is 0. The van der Waals surface area contributed by atoms with Crippen molar-refractivity contribution in [2.24, 2.45) is 11.8 Å². The van der Waals surface area contributed by atoms with Gasteiger partial charge in [-0.05, 0) is 31.1 Å². The van der Waals surface area contributed by atoms with Crippen LogP contribution in [0.3, 0.4) is 0 Å². The molecule has 61 heavy (non-hydrogen) atoms. The molecule has 2 unspecified atom stereocenters. The van der Waals surface area contributed by atoms with E-state index < -0.39 is 6.10 Å². The van der Waals surface area contributed by atoms with Crippen LogP contribution < -0.4 is 0 Å². The Morgan fingerprint density at radius 3 is 0.852 bits per heavy atom. The van der Waals surface area contributed by atoms with Crippen molar-refractivity contribution in [1.29, 1.82) is 0 Å². The van der Waals surface area contributed by atoms with E-state index >= 15 is 0 Å². The van der Waals surface area contributed by atoms with Crippen molar-refractivity contribution in [3.63, 3.8) is 0 Å². The van der Waals surface area contributed by atoms with E-state index in [-0.39, 0.29) is 31.1 Å². The third kappa shape index (κ3) is 46.2. The van der Waals surface area contributed by atoms with Gasteiger partial charge in [0.2, 0.25) is 0 Å². The van der Waals surface area contributed by atoms with Crippen LogP contribution in [-0.4, -0.2) is 37.2 Å². The van der Waals surface area contributed by atoms with E-state index in [1.165, 1.54) is 193 Å². The molecule has 0 aromatic carbocycles. The summed E-state index contributed by atoms with van der Waals surface area (Å²) in [6.07, 6.45) is 49.5. The molecular weight excluding hydrogens is 757 g/mol. The van der Waals surface area contributed by atoms with E-state index in [1.807, 2.05) is 0 Å². The fourth-order valence-corrected chi connectivity index (χ4v) is 8.28. The SMILES string of the molecule is CCCCCCCCCCCC(=O)OC[C@H](COC(=O)CCCCCCCCCCCCCCCCCCCCC(C)CC)OC(=O)CCCCCCCCCCC(C)CC. The minimum Gasteiger partial charge on any atom is -0.462 e. The largest absolute Gasteiger partial charge is 0.462 e. The van der Waals surface area contributed by atoms with Gasteiger partial charge in [-0.3, -0.25) is 14.4 Å². The first-order chi connectivity index (χ1) is 29.8. The number of carbonyl (C=O) groups excluding carboxylic acids is 3.